The van der Waals surface area contributed by atoms with Crippen molar-refractivity contribution >= 4 is 11.5 Å². The van der Waals surface area contributed by atoms with E-state index >= 15 is 0 Å². The molecule has 1 aliphatic rings. The molecule has 3 aromatic rings. The van der Waals surface area contributed by atoms with Crippen LogP contribution < -0.4 is 10.6 Å². The van der Waals surface area contributed by atoms with E-state index in [2.05, 4.69) is 9.97 Å². The number of carbonyl (C=O) groups is 1. The number of hydrogen-bond donors (Lipinski definition) is 2. The van der Waals surface area contributed by atoms with Gasteiger partial charge in [-0.2, -0.15) is 0 Å². The maximum absolute atomic E-state index is 14.3. The number of nitrogens with zero attached hydrogens (tertiary/aromatic N) is 3. The van der Waals surface area contributed by atoms with E-state index in [1.54, 1.807) is 24.5 Å². The fourth-order valence-corrected chi connectivity index (χ4v) is 3.87. The number of anilines is 1. The van der Waals surface area contributed by atoms with Crippen molar-refractivity contribution in [1.82, 2.24) is 9.97 Å². The maximum Gasteiger partial charge on any atom is 0.185 e. The molecule has 2 atom stereocenters. The van der Waals surface area contributed by atoms with E-state index in [0.29, 0.717) is 25.1 Å². The van der Waals surface area contributed by atoms with Crippen LogP contribution in [0.2, 0.25) is 0 Å². The van der Waals surface area contributed by atoms with Crippen molar-refractivity contribution in [2.24, 2.45) is 5.73 Å². The number of halogens is 2. The van der Waals surface area contributed by atoms with Crippen LogP contribution in [-0.4, -0.2) is 46.1 Å². The zero-order valence-corrected chi connectivity index (χ0v) is 16.7. The van der Waals surface area contributed by atoms with Crippen molar-refractivity contribution in [2.75, 3.05) is 18.0 Å². The minimum Gasteiger partial charge on any atom is -0.391 e. The van der Waals surface area contributed by atoms with Gasteiger partial charge in [0.1, 0.15) is 23.0 Å². The summed E-state index contributed by atoms with van der Waals surface area (Å²) in [5.74, 6) is -1.68. The number of pyridine rings is 2. The third-order valence-electron chi connectivity index (χ3n) is 5.29. The first-order valence-corrected chi connectivity index (χ1v) is 9.98. The number of nitrogens with two attached hydrogens (primary N) is 1. The van der Waals surface area contributed by atoms with Gasteiger partial charge in [-0.05, 0) is 36.8 Å². The third kappa shape index (κ3) is 4.60. The molecule has 6 nitrogen and oxygen atoms in total. The lowest BCUT2D eigenvalue weighted by Crippen LogP contribution is -2.49. The molecule has 0 saturated carbocycles. The Kier molecular flexibility index (Phi) is 6.01. The molecular formula is C23H22F2N4O2. The molecule has 0 spiro atoms. The fraction of sp³-hybridized carbons (Fsp3) is 0.261. The van der Waals surface area contributed by atoms with Crippen molar-refractivity contribution < 1.29 is 18.7 Å². The SMILES string of the molecule is N[C@H]1C[C@@H](O)CN(c2ccncc2CC(=O)c2ccc(F)c(-c3ccccc3F)n2)C1. The van der Waals surface area contributed by atoms with Gasteiger partial charge < -0.3 is 15.7 Å². The summed E-state index contributed by atoms with van der Waals surface area (Å²) >= 11 is 0. The Morgan fingerprint density at radius 2 is 1.94 bits per heavy atom. The van der Waals surface area contributed by atoms with E-state index in [1.807, 2.05) is 4.90 Å². The average Bonchev–Trinajstić information content (AvgIpc) is 2.74. The molecule has 0 aliphatic carbocycles. The van der Waals surface area contributed by atoms with Gasteiger partial charge in [0.2, 0.25) is 0 Å². The number of benzene rings is 1. The van der Waals surface area contributed by atoms with Gasteiger partial charge in [-0.25, -0.2) is 13.8 Å². The molecular weight excluding hydrogens is 402 g/mol. The number of rotatable bonds is 5. The van der Waals surface area contributed by atoms with Crippen LogP contribution in [0.5, 0.6) is 0 Å². The van der Waals surface area contributed by atoms with Crippen LogP contribution in [0.3, 0.4) is 0 Å². The summed E-state index contributed by atoms with van der Waals surface area (Å²) in [5, 5.41) is 10.1. The molecule has 31 heavy (non-hydrogen) atoms. The van der Waals surface area contributed by atoms with E-state index in [4.69, 9.17) is 5.73 Å². The molecule has 0 unspecified atom stereocenters. The molecule has 0 bridgehead atoms. The van der Waals surface area contributed by atoms with Crippen LogP contribution in [0, 0.1) is 11.6 Å². The largest absolute Gasteiger partial charge is 0.391 e. The normalized spacial score (nSPS) is 18.8. The van der Waals surface area contributed by atoms with Crippen molar-refractivity contribution in [1.29, 1.82) is 0 Å². The topological polar surface area (TPSA) is 92.3 Å². The molecule has 1 saturated heterocycles. The predicted octanol–water partition coefficient (Wildman–Crippen LogP) is 2.75. The van der Waals surface area contributed by atoms with Crippen LogP contribution in [-0.2, 0) is 6.42 Å². The number of aliphatic hydroxyl groups excluding tert-OH is 1. The molecule has 0 amide bonds. The molecule has 160 valence electrons. The molecule has 0 radical (unpaired) electrons. The van der Waals surface area contributed by atoms with Gasteiger partial charge >= 0.3 is 0 Å². The van der Waals surface area contributed by atoms with Gasteiger partial charge in [0, 0.05) is 54.8 Å². The molecule has 1 aliphatic heterocycles. The van der Waals surface area contributed by atoms with Gasteiger partial charge in [-0.1, -0.05) is 12.1 Å². The van der Waals surface area contributed by atoms with Gasteiger partial charge in [-0.15, -0.1) is 0 Å². The lowest BCUT2D eigenvalue weighted by molar-refractivity contribution is 0.0988. The van der Waals surface area contributed by atoms with Crippen molar-refractivity contribution in [3.8, 4) is 11.3 Å². The molecule has 1 aromatic carbocycles. The number of Topliss-reactive ketones (excluding diaryl/α,β-unsaturated/α-hetero) is 1. The summed E-state index contributed by atoms with van der Waals surface area (Å²) in [6.07, 6.45) is 3.14. The summed E-state index contributed by atoms with van der Waals surface area (Å²) in [4.78, 5) is 23.1. The molecule has 8 heteroatoms. The molecule has 1 fully saturated rings. The minimum absolute atomic E-state index is 0.00647. The van der Waals surface area contributed by atoms with Crippen molar-refractivity contribution in [3.63, 3.8) is 0 Å². The first-order chi connectivity index (χ1) is 14.9. The number of aromatic nitrogens is 2. The number of piperidine rings is 1. The number of hydrogen-bond acceptors (Lipinski definition) is 6. The second kappa shape index (κ2) is 8.87. The Bertz CT molecular complexity index is 1100. The predicted molar refractivity (Wildman–Crippen MR) is 113 cm³/mol. The molecule has 4 rings (SSSR count). The van der Waals surface area contributed by atoms with Crippen LogP contribution in [0.4, 0.5) is 14.5 Å². The van der Waals surface area contributed by atoms with Crippen LogP contribution in [0.25, 0.3) is 11.3 Å². The first kappa shape index (κ1) is 21.0. The summed E-state index contributed by atoms with van der Waals surface area (Å²) < 4.78 is 28.4. The van der Waals surface area contributed by atoms with Gasteiger partial charge in [0.25, 0.3) is 0 Å². The van der Waals surface area contributed by atoms with Crippen molar-refractivity contribution in [2.45, 2.75) is 25.0 Å². The van der Waals surface area contributed by atoms with E-state index in [9.17, 15) is 18.7 Å². The number of carbonyl (C=O) groups excluding carboxylic acids is 1. The van der Waals surface area contributed by atoms with Gasteiger partial charge in [0.05, 0.1) is 6.10 Å². The first-order valence-electron chi connectivity index (χ1n) is 9.98. The number of ketones is 1. The highest BCUT2D eigenvalue weighted by Gasteiger charge is 2.26. The van der Waals surface area contributed by atoms with E-state index < -0.39 is 17.7 Å². The highest BCUT2D eigenvalue weighted by atomic mass is 19.1. The standard InChI is InChI=1S/C23H22F2N4O2/c24-18-4-2-1-3-17(18)23-19(25)5-6-20(28-23)22(31)9-14-11-27-8-7-21(14)29-12-15(26)10-16(30)13-29/h1-8,11,15-16,30H,9-10,12-13,26H2/t15-,16+/m0/s1. The molecule has 3 heterocycles. The fourth-order valence-electron chi connectivity index (χ4n) is 3.87. The van der Waals surface area contributed by atoms with Gasteiger partial charge in [0.15, 0.2) is 5.78 Å². The third-order valence-corrected chi connectivity index (χ3v) is 5.29. The van der Waals surface area contributed by atoms with Crippen molar-refractivity contribution in [3.05, 3.63) is 77.8 Å². The highest BCUT2D eigenvalue weighted by molar-refractivity contribution is 5.97. The second-order valence-electron chi connectivity index (χ2n) is 7.67. The van der Waals surface area contributed by atoms with Crippen LogP contribution in [0.15, 0.2) is 54.9 Å². The highest BCUT2D eigenvalue weighted by Crippen LogP contribution is 2.26. The van der Waals surface area contributed by atoms with Gasteiger partial charge in [-0.3, -0.25) is 9.78 Å². The Labute approximate surface area is 178 Å². The summed E-state index contributed by atoms with van der Waals surface area (Å²) in [6.45, 7) is 0.958. The van der Waals surface area contributed by atoms with Crippen LogP contribution in [0.1, 0.15) is 22.5 Å². The van der Waals surface area contributed by atoms with Crippen LogP contribution >= 0.6 is 0 Å². The van der Waals surface area contributed by atoms with E-state index in [1.165, 1.54) is 24.3 Å². The summed E-state index contributed by atoms with van der Waals surface area (Å²) in [5.41, 5.74) is 7.26. The molecule has 2 aromatic heterocycles. The zero-order valence-electron chi connectivity index (χ0n) is 16.7. The Hall–Kier alpha value is -3.23. The Morgan fingerprint density at radius 1 is 1.13 bits per heavy atom. The van der Waals surface area contributed by atoms with E-state index in [0.717, 1.165) is 11.8 Å². The lowest BCUT2D eigenvalue weighted by atomic mass is 10.0. The summed E-state index contributed by atoms with van der Waals surface area (Å²) in [6, 6.07) is 9.71. The minimum atomic E-state index is -0.708. The Morgan fingerprint density at radius 3 is 2.71 bits per heavy atom. The monoisotopic (exact) mass is 424 g/mol. The maximum atomic E-state index is 14.3. The smallest absolute Gasteiger partial charge is 0.185 e. The zero-order chi connectivity index (χ0) is 22.0. The Balaban J connectivity index is 1.61. The molecule has 3 N–H and O–H groups in total. The summed E-state index contributed by atoms with van der Waals surface area (Å²) in [7, 11) is 0. The number of aliphatic hydroxyl groups is 1. The lowest BCUT2D eigenvalue weighted by Gasteiger charge is -2.36. The van der Waals surface area contributed by atoms with E-state index in [-0.39, 0.29) is 35.2 Å². The number of β-amino-alcohol motifs (C(OH)–C–C–N with tert-alkyl or cyclic N) is 1. The average molecular weight is 424 g/mol. The second-order valence-corrected chi connectivity index (χ2v) is 7.67. The quantitative estimate of drug-likeness (QED) is 0.612.